The molecule has 0 saturated carbocycles. The molecule has 0 aliphatic carbocycles. The van der Waals surface area contributed by atoms with Gasteiger partial charge in [-0.2, -0.15) is 0 Å². The minimum atomic E-state index is -4.16. The van der Waals surface area contributed by atoms with E-state index in [1.165, 1.54) is 49.4 Å². The molecule has 3 rings (SSSR count). The Morgan fingerprint density at radius 1 is 1.03 bits per heavy atom. The van der Waals surface area contributed by atoms with Gasteiger partial charge in [0.05, 0.1) is 22.7 Å². The fourth-order valence-corrected chi connectivity index (χ4v) is 5.42. The number of hydrogen-bond donors (Lipinski definition) is 1. The summed E-state index contributed by atoms with van der Waals surface area (Å²) < 4.78 is 33.6. The Bertz CT molecular complexity index is 1350. The number of sulfonamides is 1. The van der Waals surface area contributed by atoms with Crippen LogP contribution in [0.5, 0.6) is 5.75 Å². The fraction of sp³-hybridized carbons (Fsp3) is 0.259. The van der Waals surface area contributed by atoms with Crippen LogP contribution in [0.1, 0.15) is 18.1 Å². The molecule has 0 unspecified atom stereocenters. The van der Waals surface area contributed by atoms with Crippen molar-refractivity contribution in [3.8, 4) is 5.75 Å². The van der Waals surface area contributed by atoms with Crippen LogP contribution in [0.4, 0.5) is 5.69 Å². The second-order valence-corrected chi connectivity index (χ2v) is 10.7. The first-order valence-corrected chi connectivity index (χ1v) is 13.4. The van der Waals surface area contributed by atoms with Crippen LogP contribution in [0.2, 0.25) is 5.02 Å². The highest BCUT2D eigenvalue weighted by Crippen LogP contribution is 2.32. The molecule has 0 saturated heterocycles. The molecule has 1 N–H and O–H groups in total. The first kappa shape index (κ1) is 28.0. The Morgan fingerprint density at radius 2 is 1.68 bits per heavy atom. The van der Waals surface area contributed by atoms with Gasteiger partial charge in [-0.3, -0.25) is 13.9 Å². The molecule has 10 heteroatoms. The van der Waals surface area contributed by atoms with E-state index >= 15 is 0 Å². The number of anilines is 1. The highest BCUT2D eigenvalue weighted by molar-refractivity contribution is 7.92. The molecule has 0 spiro atoms. The number of carbonyl (C=O) groups is 2. The topological polar surface area (TPSA) is 96.0 Å². The molecule has 196 valence electrons. The van der Waals surface area contributed by atoms with Crippen molar-refractivity contribution < 1.29 is 22.7 Å². The summed E-state index contributed by atoms with van der Waals surface area (Å²) in [7, 11) is -1.23. The number of ether oxygens (including phenoxy) is 1. The van der Waals surface area contributed by atoms with Crippen LogP contribution in [0.3, 0.4) is 0 Å². The highest BCUT2D eigenvalue weighted by Gasteiger charge is 2.32. The van der Waals surface area contributed by atoms with Gasteiger partial charge in [0.25, 0.3) is 10.0 Å². The van der Waals surface area contributed by atoms with E-state index < -0.39 is 28.5 Å². The quantitative estimate of drug-likeness (QED) is 0.417. The zero-order valence-electron chi connectivity index (χ0n) is 21.1. The van der Waals surface area contributed by atoms with Crippen molar-refractivity contribution in [2.45, 2.75) is 31.3 Å². The number of aryl methyl sites for hydroxylation is 1. The maximum atomic E-state index is 13.7. The van der Waals surface area contributed by atoms with E-state index in [2.05, 4.69) is 5.32 Å². The molecule has 8 nitrogen and oxygen atoms in total. The van der Waals surface area contributed by atoms with Gasteiger partial charge in [0.15, 0.2) is 0 Å². The van der Waals surface area contributed by atoms with Crippen molar-refractivity contribution in [2.75, 3.05) is 25.0 Å². The van der Waals surface area contributed by atoms with Crippen LogP contribution >= 0.6 is 11.6 Å². The van der Waals surface area contributed by atoms with E-state index in [0.29, 0.717) is 5.75 Å². The second kappa shape index (κ2) is 12.1. The normalized spacial score (nSPS) is 11.9. The van der Waals surface area contributed by atoms with E-state index in [0.717, 1.165) is 15.4 Å². The lowest BCUT2D eigenvalue weighted by atomic mass is 10.1. The number of rotatable bonds is 10. The highest BCUT2D eigenvalue weighted by atomic mass is 35.5. The summed E-state index contributed by atoms with van der Waals surface area (Å²) in [6.45, 7) is 3.13. The van der Waals surface area contributed by atoms with E-state index in [-0.39, 0.29) is 28.1 Å². The van der Waals surface area contributed by atoms with Crippen molar-refractivity contribution in [3.63, 3.8) is 0 Å². The first-order valence-electron chi connectivity index (χ1n) is 11.6. The van der Waals surface area contributed by atoms with Crippen LogP contribution in [-0.4, -0.2) is 51.9 Å². The number of halogens is 1. The van der Waals surface area contributed by atoms with Gasteiger partial charge in [0, 0.05) is 13.6 Å². The molecular weight excluding hydrogens is 514 g/mol. The number of likely N-dealkylation sites (N-methyl/N-ethyl adjacent to an activating group) is 1. The molecule has 1 atom stereocenters. The minimum absolute atomic E-state index is 0.0131. The van der Waals surface area contributed by atoms with E-state index in [4.69, 9.17) is 16.3 Å². The Hall–Kier alpha value is -3.56. The summed E-state index contributed by atoms with van der Waals surface area (Å²) in [6, 6.07) is 19.0. The summed E-state index contributed by atoms with van der Waals surface area (Å²) in [5, 5.41) is 2.75. The summed E-state index contributed by atoms with van der Waals surface area (Å²) in [6.07, 6.45) is 0. The molecule has 0 aliphatic heterocycles. The fourth-order valence-electron chi connectivity index (χ4n) is 3.74. The molecule has 0 radical (unpaired) electrons. The third kappa shape index (κ3) is 6.61. The van der Waals surface area contributed by atoms with E-state index in [9.17, 15) is 18.0 Å². The molecular formula is C27H30ClN3O5S. The molecule has 2 amide bonds. The largest absolute Gasteiger partial charge is 0.495 e. The van der Waals surface area contributed by atoms with Crippen molar-refractivity contribution in [1.82, 2.24) is 10.2 Å². The summed E-state index contributed by atoms with van der Waals surface area (Å²) in [5.41, 5.74) is 2.04. The molecule has 0 aliphatic rings. The van der Waals surface area contributed by atoms with Gasteiger partial charge >= 0.3 is 0 Å². The van der Waals surface area contributed by atoms with Gasteiger partial charge < -0.3 is 15.0 Å². The SMILES string of the molecule is CNC(=O)[C@H](C)N(Cc1ccc(C)cc1)C(=O)CN(c1ccc(OC)c(Cl)c1)S(=O)(=O)c1ccccc1. The summed E-state index contributed by atoms with van der Waals surface area (Å²) >= 11 is 6.30. The van der Waals surface area contributed by atoms with Crippen LogP contribution in [0, 0.1) is 6.92 Å². The number of carbonyl (C=O) groups excluding carboxylic acids is 2. The molecule has 3 aromatic carbocycles. The zero-order chi connectivity index (χ0) is 27.2. The second-order valence-electron chi connectivity index (χ2n) is 8.44. The number of hydrogen-bond acceptors (Lipinski definition) is 5. The summed E-state index contributed by atoms with van der Waals surface area (Å²) in [4.78, 5) is 27.6. The van der Waals surface area contributed by atoms with Crippen molar-refractivity contribution >= 4 is 39.1 Å². The van der Waals surface area contributed by atoms with Crippen molar-refractivity contribution in [2.24, 2.45) is 0 Å². The molecule has 0 heterocycles. The molecule has 37 heavy (non-hydrogen) atoms. The molecule has 0 bridgehead atoms. The van der Waals surface area contributed by atoms with Crippen LogP contribution in [-0.2, 0) is 26.2 Å². The smallest absolute Gasteiger partial charge is 0.264 e. The number of amides is 2. The van der Waals surface area contributed by atoms with Gasteiger partial charge in [-0.25, -0.2) is 8.42 Å². The van der Waals surface area contributed by atoms with Crippen LogP contribution in [0.15, 0.2) is 77.7 Å². The predicted octanol–water partition coefficient (Wildman–Crippen LogP) is 4.02. The third-order valence-electron chi connectivity index (χ3n) is 5.92. The van der Waals surface area contributed by atoms with Gasteiger partial charge in [-0.1, -0.05) is 59.6 Å². The lowest BCUT2D eigenvalue weighted by molar-refractivity contribution is -0.139. The first-order chi connectivity index (χ1) is 17.6. The maximum absolute atomic E-state index is 13.7. The van der Waals surface area contributed by atoms with Gasteiger partial charge in [-0.05, 0) is 49.7 Å². The van der Waals surface area contributed by atoms with Crippen LogP contribution < -0.4 is 14.4 Å². The Balaban J connectivity index is 2.05. The lowest BCUT2D eigenvalue weighted by Crippen LogP contribution is -2.50. The molecule has 0 aromatic heterocycles. The number of nitrogens with zero attached hydrogens (tertiary/aromatic N) is 2. The van der Waals surface area contributed by atoms with E-state index in [1.807, 2.05) is 31.2 Å². The average molecular weight is 544 g/mol. The Kier molecular flexibility index (Phi) is 9.18. The minimum Gasteiger partial charge on any atom is -0.495 e. The molecule has 0 fully saturated rings. The van der Waals surface area contributed by atoms with Crippen molar-refractivity contribution in [3.05, 3.63) is 88.9 Å². The maximum Gasteiger partial charge on any atom is 0.264 e. The monoisotopic (exact) mass is 543 g/mol. The van der Waals surface area contributed by atoms with E-state index in [1.54, 1.807) is 25.1 Å². The van der Waals surface area contributed by atoms with Gasteiger partial charge in [0.2, 0.25) is 11.8 Å². The zero-order valence-corrected chi connectivity index (χ0v) is 22.7. The van der Waals surface area contributed by atoms with Gasteiger partial charge in [-0.15, -0.1) is 0 Å². The standard InChI is InChI=1S/C27H30ClN3O5S/c1-19-10-12-21(13-11-19)17-30(20(2)27(33)29-3)26(32)18-31(22-14-15-25(36-4)24(28)16-22)37(34,35)23-8-6-5-7-9-23/h5-16,20H,17-18H2,1-4H3,(H,29,33)/t20-/m0/s1. The summed E-state index contributed by atoms with van der Waals surface area (Å²) in [5.74, 6) is -0.559. The van der Waals surface area contributed by atoms with Crippen molar-refractivity contribution in [1.29, 1.82) is 0 Å². The van der Waals surface area contributed by atoms with Crippen LogP contribution in [0.25, 0.3) is 0 Å². The number of benzene rings is 3. The van der Waals surface area contributed by atoms with Gasteiger partial charge in [0.1, 0.15) is 18.3 Å². The predicted molar refractivity (Wildman–Crippen MR) is 144 cm³/mol. The Morgan fingerprint density at radius 3 is 2.24 bits per heavy atom. The third-order valence-corrected chi connectivity index (χ3v) is 8.00. The number of methoxy groups -OCH3 is 1. The molecule has 3 aromatic rings. The Labute approximate surface area is 222 Å². The number of nitrogens with one attached hydrogen (secondary N) is 1. The average Bonchev–Trinajstić information content (AvgIpc) is 2.90. The lowest BCUT2D eigenvalue weighted by Gasteiger charge is -2.32.